The van der Waals surface area contributed by atoms with E-state index in [9.17, 15) is 14.4 Å². The number of aromatic nitrogens is 3. The Balaban J connectivity index is 1.60. The third kappa shape index (κ3) is 5.88. The van der Waals surface area contributed by atoms with Gasteiger partial charge in [0.1, 0.15) is 5.76 Å². The molecule has 0 unspecified atom stereocenters. The lowest BCUT2D eigenvalue weighted by molar-refractivity contribution is -0.139. The number of aryl methyl sites for hydroxylation is 1. The Labute approximate surface area is 251 Å². The molecule has 0 radical (unpaired) electrons. The lowest BCUT2D eigenvalue weighted by atomic mass is 9.95. The second kappa shape index (κ2) is 11.7. The monoisotopic (exact) mass is 655 g/mol. The number of thiazole rings is 1. The largest absolute Gasteiger partial charge is 0.463 e. The summed E-state index contributed by atoms with van der Waals surface area (Å²) in [7, 11) is 3.89. The molecule has 212 valence electrons. The van der Waals surface area contributed by atoms with Crippen molar-refractivity contribution in [3.8, 4) is 0 Å². The SMILES string of the molecule is CCOC(=O)C1=C(C)N=c2s/c(=C/c3cc(Br)c(Sc4nc(C)cc(=O)[nH]4)o3)c(=O)n2[C@@H]1c1ccc(N(C)C)cc1. The van der Waals surface area contributed by atoms with Crippen molar-refractivity contribution in [1.29, 1.82) is 0 Å². The first-order chi connectivity index (χ1) is 19.5. The molecular formula is C28H26BrN5O5S2. The molecule has 41 heavy (non-hydrogen) atoms. The Morgan fingerprint density at radius 2 is 1.98 bits per heavy atom. The molecular weight excluding hydrogens is 630 g/mol. The Morgan fingerprint density at radius 1 is 1.24 bits per heavy atom. The zero-order valence-corrected chi connectivity index (χ0v) is 26.1. The molecule has 13 heteroatoms. The molecule has 1 atom stereocenters. The Bertz CT molecular complexity index is 1920. The Hall–Kier alpha value is -3.68. The highest BCUT2D eigenvalue weighted by Gasteiger charge is 2.33. The van der Waals surface area contributed by atoms with Gasteiger partial charge in [0.2, 0.25) is 0 Å². The van der Waals surface area contributed by atoms with Gasteiger partial charge in [-0.25, -0.2) is 14.8 Å². The number of nitrogens with one attached hydrogen (secondary N) is 1. The van der Waals surface area contributed by atoms with Crippen LogP contribution in [0.1, 0.15) is 36.9 Å². The summed E-state index contributed by atoms with van der Waals surface area (Å²) in [6.07, 6.45) is 1.64. The van der Waals surface area contributed by atoms with Crippen molar-refractivity contribution in [3.05, 3.63) is 99.2 Å². The molecule has 4 aromatic rings. The number of hydrogen-bond acceptors (Lipinski definition) is 10. The Kier molecular flexibility index (Phi) is 8.20. The van der Waals surface area contributed by atoms with E-state index in [4.69, 9.17) is 9.15 Å². The maximum atomic E-state index is 13.9. The molecule has 5 rings (SSSR count). The number of H-pyrrole nitrogens is 1. The number of hydrogen-bond donors (Lipinski definition) is 1. The third-order valence-corrected chi connectivity index (χ3v) is 8.94. The maximum Gasteiger partial charge on any atom is 0.338 e. The van der Waals surface area contributed by atoms with Crippen LogP contribution in [-0.4, -0.2) is 41.2 Å². The lowest BCUT2D eigenvalue weighted by Gasteiger charge is -2.25. The smallest absolute Gasteiger partial charge is 0.338 e. The van der Waals surface area contributed by atoms with E-state index in [2.05, 4.69) is 30.9 Å². The summed E-state index contributed by atoms with van der Waals surface area (Å²) in [4.78, 5) is 52.8. The van der Waals surface area contributed by atoms with Crippen LogP contribution in [0.4, 0.5) is 5.69 Å². The molecule has 3 aromatic heterocycles. The fraction of sp³-hybridized carbons (Fsp3) is 0.250. The van der Waals surface area contributed by atoms with E-state index in [1.165, 1.54) is 22.0 Å². The van der Waals surface area contributed by atoms with Gasteiger partial charge in [-0.15, -0.1) is 0 Å². The normalized spacial score (nSPS) is 15.1. The summed E-state index contributed by atoms with van der Waals surface area (Å²) in [5.41, 5.74) is 2.59. The molecule has 0 fully saturated rings. The number of furan rings is 1. The van der Waals surface area contributed by atoms with Crippen molar-refractivity contribution in [3.63, 3.8) is 0 Å². The van der Waals surface area contributed by atoms with Crippen molar-refractivity contribution in [1.82, 2.24) is 14.5 Å². The Morgan fingerprint density at radius 3 is 2.63 bits per heavy atom. The second-order valence-corrected chi connectivity index (χ2v) is 12.2. The number of halogens is 1. The fourth-order valence-corrected chi connectivity index (χ4v) is 6.78. The number of esters is 1. The van der Waals surface area contributed by atoms with E-state index in [-0.39, 0.29) is 17.7 Å². The molecule has 0 saturated heterocycles. The fourth-order valence-electron chi connectivity index (χ4n) is 4.39. The van der Waals surface area contributed by atoms with Gasteiger partial charge in [-0.3, -0.25) is 14.2 Å². The van der Waals surface area contributed by atoms with Crippen LogP contribution >= 0.6 is 39.0 Å². The summed E-state index contributed by atoms with van der Waals surface area (Å²) >= 11 is 5.85. The first-order valence-electron chi connectivity index (χ1n) is 12.6. The highest BCUT2D eigenvalue weighted by Crippen LogP contribution is 2.35. The van der Waals surface area contributed by atoms with E-state index in [1.54, 1.807) is 32.9 Å². The summed E-state index contributed by atoms with van der Waals surface area (Å²) in [5.74, 6) is -0.0861. The molecule has 1 aliphatic rings. The van der Waals surface area contributed by atoms with Gasteiger partial charge in [-0.1, -0.05) is 23.5 Å². The minimum Gasteiger partial charge on any atom is -0.463 e. The molecule has 0 spiro atoms. The van der Waals surface area contributed by atoms with Gasteiger partial charge >= 0.3 is 5.97 Å². The number of fused-ring (bicyclic) bond motifs is 1. The van der Waals surface area contributed by atoms with Gasteiger partial charge in [0, 0.05) is 37.6 Å². The summed E-state index contributed by atoms with van der Waals surface area (Å²) < 4.78 is 13.9. The van der Waals surface area contributed by atoms with Crippen molar-refractivity contribution in [2.24, 2.45) is 4.99 Å². The van der Waals surface area contributed by atoms with Crippen LogP contribution in [0.15, 0.2) is 81.4 Å². The number of aromatic amines is 1. The van der Waals surface area contributed by atoms with Gasteiger partial charge in [0.25, 0.3) is 11.1 Å². The zero-order chi connectivity index (χ0) is 29.4. The second-order valence-electron chi connectivity index (χ2n) is 9.37. The molecule has 1 aromatic carbocycles. The van der Waals surface area contributed by atoms with Crippen LogP contribution < -0.4 is 25.4 Å². The van der Waals surface area contributed by atoms with E-state index in [0.717, 1.165) is 23.0 Å². The zero-order valence-electron chi connectivity index (χ0n) is 22.9. The predicted molar refractivity (Wildman–Crippen MR) is 161 cm³/mol. The van der Waals surface area contributed by atoms with Crippen LogP contribution in [0.25, 0.3) is 6.08 Å². The average molecular weight is 657 g/mol. The van der Waals surface area contributed by atoms with Crippen LogP contribution in [0.3, 0.4) is 0 Å². The van der Waals surface area contributed by atoms with Crippen LogP contribution in [-0.2, 0) is 9.53 Å². The van der Waals surface area contributed by atoms with Crippen LogP contribution in [0.5, 0.6) is 0 Å². The molecule has 0 aliphatic carbocycles. The maximum absolute atomic E-state index is 13.9. The number of carbonyl (C=O) groups is 1. The predicted octanol–water partition coefficient (Wildman–Crippen LogP) is 3.76. The number of allylic oxidation sites excluding steroid dienone is 1. The van der Waals surface area contributed by atoms with Gasteiger partial charge in [-0.2, -0.15) is 0 Å². The van der Waals surface area contributed by atoms with Crippen molar-refractivity contribution >= 4 is 56.8 Å². The van der Waals surface area contributed by atoms with Crippen molar-refractivity contribution in [2.45, 2.75) is 37.1 Å². The minimum atomic E-state index is -0.706. The van der Waals surface area contributed by atoms with Crippen molar-refractivity contribution in [2.75, 3.05) is 25.6 Å². The minimum absolute atomic E-state index is 0.200. The van der Waals surface area contributed by atoms with E-state index in [1.807, 2.05) is 43.3 Å². The topological polar surface area (TPSA) is 123 Å². The number of benzene rings is 1. The number of carbonyl (C=O) groups excluding carboxylic acids is 1. The lowest BCUT2D eigenvalue weighted by Crippen LogP contribution is -2.39. The van der Waals surface area contributed by atoms with Gasteiger partial charge < -0.3 is 19.0 Å². The standard InChI is InChI=1S/C28H26BrN5O5S2/c1-6-38-25(37)22-15(3)31-28-34(23(22)16-7-9-17(10-8-16)33(4)5)24(36)20(40-28)13-18-12-19(29)26(39-18)41-27-30-14(2)11-21(35)32-27/h7-13,23H,6H2,1-5H3,(H,30,32,35)/b20-13+/t23-/m1/s1. The number of nitrogens with zero attached hydrogens (tertiary/aromatic N) is 4. The third-order valence-electron chi connectivity index (χ3n) is 6.23. The van der Waals surface area contributed by atoms with Gasteiger partial charge in [0.05, 0.1) is 32.9 Å². The van der Waals surface area contributed by atoms with Gasteiger partial charge in [0.15, 0.2) is 15.1 Å². The van der Waals surface area contributed by atoms with Gasteiger partial charge in [-0.05, 0) is 72.2 Å². The first-order valence-corrected chi connectivity index (χ1v) is 15.0. The quantitative estimate of drug-likeness (QED) is 0.236. The number of anilines is 1. The molecule has 0 amide bonds. The summed E-state index contributed by atoms with van der Waals surface area (Å²) in [6.45, 7) is 5.43. The highest BCUT2D eigenvalue weighted by atomic mass is 79.9. The summed E-state index contributed by atoms with van der Waals surface area (Å²) in [5, 5.41) is 0.857. The first kappa shape index (κ1) is 28.8. The van der Waals surface area contributed by atoms with E-state index >= 15 is 0 Å². The molecule has 1 aliphatic heterocycles. The van der Waals surface area contributed by atoms with E-state index < -0.39 is 12.0 Å². The molecule has 4 heterocycles. The molecule has 1 N–H and O–H groups in total. The summed E-state index contributed by atoms with van der Waals surface area (Å²) in [6, 6.07) is 10.1. The van der Waals surface area contributed by atoms with E-state index in [0.29, 0.717) is 46.8 Å². The number of ether oxygens (including phenoxy) is 1. The van der Waals surface area contributed by atoms with Crippen LogP contribution in [0.2, 0.25) is 0 Å². The molecule has 10 nitrogen and oxygen atoms in total. The van der Waals surface area contributed by atoms with Crippen molar-refractivity contribution < 1.29 is 13.9 Å². The highest BCUT2D eigenvalue weighted by molar-refractivity contribution is 9.10. The van der Waals surface area contributed by atoms with Crippen LogP contribution in [0, 0.1) is 6.92 Å². The number of rotatable bonds is 7. The average Bonchev–Trinajstić information content (AvgIpc) is 3.40. The molecule has 0 saturated carbocycles. The molecule has 0 bridgehead atoms.